The molecule has 36 heavy (non-hydrogen) atoms. The third-order valence-corrected chi connectivity index (χ3v) is 5.99. The number of aldehydes is 1. The molecule has 0 aliphatic carbocycles. The van der Waals surface area contributed by atoms with Crippen molar-refractivity contribution in [2.45, 2.75) is 38.6 Å². The van der Waals surface area contributed by atoms with E-state index in [0.29, 0.717) is 41.8 Å². The molecule has 1 aliphatic heterocycles. The minimum Gasteiger partial charge on any atom is -0.493 e. The molecule has 3 rings (SSSR count). The molecule has 9 heteroatoms. The summed E-state index contributed by atoms with van der Waals surface area (Å²) in [5, 5.41) is 5.69. The largest absolute Gasteiger partial charge is 0.493 e. The number of benzene rings is 2. The zero-order chi connectivity index (χ0) is 25.9. The van der Waals surface area contributed by atoms with Crippen molar-refractivity contribution in [3.8, 4) is 11.5 Å². The lowest BCUT2D eigenvalue weighted by Crippen LogP contribution is -2.29. The molecule has 194 valence electrons. The molecule has 1 atom stereocenters. The number of ether oxygens (including phenoxy) is 3. The summed E-state index contributed by atoms with van der Waals surface area (Å²) in [6.45, 7) is 3.01. The summed E-state index contributed by atoms with van der Waals surface area (Å²) in [6, 6.07) is 9.27. The Bertz CT molecular complexity index is 1070. The highest BCUT2D eigenvalue weighted by Crippen LogP contribution is 2.36. The van der Waals surface area contributed by atoms with Gasteiger partial charge in [0.25, 0.3) is 0 Å². The van der Waals surface area contributed by atoms with Crippen molar-refractivity contribution in [2.24, 2.45) is 4.99 Å². The first-order valence-corrected chi connectivity index (χ1v) is 12.2. The fourth-order valence-electron chi connectivity index (χ4n) is 4.02. The average molecular weight is 497 g/mol. The predicted molar refractivity (Wildman–Crippen MR) is 142 cm³/mol. The van der Waals surface area contributed by atoms with Crippen LogP contribution in [0, 0.1) is 0 Å². The van der Waals surface area contributed by atoms with Gasteiger partial charge in [-0.1, -0.05) is 25.8 Å². The van der Waals surface area contributed by atoms with E-state index < -0.39 is 0 Å². The first-order chi connectivity index (χ1) is 17.5. The molecular weight excluding hydrogens is 460 g/mol. The highest BCUT2D eigenvalue weighted by molar-refractivity contribution is 5.93. The predicted octanol–water partition coefficient (Wildman–Crippen LogP) is 3.97. The maximum atomic E-state index is 12.1. The van der Waals surface area contributed by atoms with Crippen LogP contribution in [-0.2, 0) is 16.0 Å². The summed E-state index contributed by atoms with van der Waals surface area (Å²) in [7, 11) is 5.30. The van der Waals surface area contributed by atoms with Crippen LogP contribution in [0.15, 0.2) is 35.3 Å². The van der Waals surface area contributed by atoms with E-state index in [2.05, 4.69) is 27.4 Å². The molecule has 0 spiro atoms. The van der Waals surface area contributed by atoms with Crippen LogP contribution >= 0.6 is 0 Å². The number of fused-ring (bicyclic) bond motifs is 1. The number of carbonyl (C=O) groups excluding carboxylic acids is 2. The van der Waals surface area contributed by atoms with E-state index in [-0.39, 0.29) is 18.6 Å². The normalized spacial score (nSPS) is 14.7. The van der Waals surface area contributed by atoms with Crippen molar-refractivity contribution in [2.75, 3.05) is 51.4 Å². The van der Waals surface area contributed by atoms with E-state index in [9.17, 15) is 9.59 Å². The summed E-state index contributed by atoms with van der Waals surface area (Å²) in [6.07, 6.45) is 6.53. The number of likely N-dealkylation sites (N-methyl/N-ethyl adjacent to an activating group) is 1. The minimum atomic E-state index is -0.211. The molecule has 2 aromatic rings. The van der Waals surface area contributed by atoms with Gasteiger partial charge in [0.05, 0.1) is 32.2 Å². The Morgan fingerprint density at radius 2 is 2.06 bits per heavy atom. The number of unbranched alkanes of at least 4 members (excludes halogenated alkanes) is 2. The van der Waals surface area contributed by atoms with Crippen molar-refractivity contribution >= 4 is 35.5 Å². The number of nitrogens with one attached hydrogen (secondary N) is 2. The lowest BCUT2D eigenvalue weighted by Gasteiger charge is -2.19. The summed E-state index contributed by atoms with van der Waals surface area (Å²) in [4.78, 5) is 30.6. The minimum absolute atomic E-state index is 0.000407. The number of hydrogen-bond acceptors (Lipinski definition) is 8. The van der Waals surface area contributed by atoms with Crippen molar-refractivity contribution in [3.63, 3.8) is 0 Å². The van der Waals surface area contributed by atoms with Gasteiger partial charge in [0.2, 0.25) is 5.91 Å². The van der Waals surface area contributed by atoms with E-state index in [1.54, 1.807) is 26.3 Å². The van der Waals surface area contributed by atoms with Gasteiger partial charge in [-0.15, -0.1) is 0 Å². The summed E-state index contributed by atoms with van der Waals surface area (Å²) in [5.74, 6) is 0.884. The van der Waals surface area contributed by atoms with Crippen LogP contribution < -0.4 is 25.0 Å². The second-order valence-electron chi connectivity index (χ2n) is 8.63. The Balaban J connectivity index is 1.72. The van der Waals surface area contributed by atoms with Crippen molar-refractivity contribution in [3.05, 3.63) is 41.5 Å². The smallest absolute Gasteiger partial charge is 0.250 e. The van der Waals surface area contributed by atoms with Crippen molar-refractivity contribution in [1.82, 2.24) is 5.32 Å². The fraction of sp³-hybridized carbons (Fsp3) is 0.444. The zero-order valence-electron chi connectivity index (χ0n) is 21.5. The van der Waals surface area contributed by atoms with Crippen LogP contribution in [0.5, 0.6) is 11.5 Å². The summed E-state index contributed by atoms with van der Waals surface area (Å²) >= 11 is 0. The van der Waals surface area contributed by atoms with Crippen molar-refractivity contribution < 1.29 is 23.8 Å². The van der Waals surface area contributed by atoms with Gasteiger partial charge in [-0.3, -0.25) is 19.9 Å². The topological polar surface area (TPSA) is 101 Å². The maximum Gasteiger partial charge on any atom is 0.250 e. The highest BCUT2D eigenvalue weighted by atomic mass is 16.5. The molecule has 0 saturated heterocycles. The van der Waals surface area contributed by atoms with Gasteiger partial charge in [0.1, 0.15) is 6.61 Å². The molecular formula is C27H36N4O5. The van der Waals surface area contributed by atoms with E-state index in [1.807, 2.05) is 31.5 Å². The van der Waals surface area contributed by atoms with Gasteiger partial charge in [-0.2, -0.15) is 0 Å². The van der Waals surface area contributed by atoms with Gasteiger partial charge in [-0.25, -0.2) is 0 Å². The summed E-state index contributed by atoms with van der Waals surface area (Å²) < 4.78 is 16.5. The number of carbonyl (C=O) groups is 2. The third kappa shape index (κ3) is 7.05. The number of nitrogens with zero attached hydrogens (tertiary/aromatic N) is 2. The summed E-state index contributed by atoms with van der Waals surface area (Å²) in [5.41, 5.74) is 3.86. The van der Waals surface area contributed by atoms with E-state index in [0.717, 1.165) is 43.2 Å². The monoisotopic (exact) mass is 496 g/mol. The Kier molecular flexibility index (Phi) is 10.3. The maximum absolute atomic E-state index is 12.1. The van der Waals surface area contributed by atoms with E-state index in [4.69, 9.17) is 14.2 Å². The van der Waals surface area contributed by atoms with E-state index in [1.165, 1.54) is 0 Å². The Morgan fingerprint density at radius 1 is 1.22 bits per heavy atom. The lowest BCUT2D eigenvalue weighted by molar-refractivity contribution is -0.120. The SMILES string of the molecule is CCCCCOc1cc(N=CC2Cc3ccc(NC(=O)COCNC)cc3N2C)c(C=O)cc1OC. The quantitative estimate of drug-likeness (QED) is 0.177. The van der Waals surface area contributed by atoms with Crippen LogP contribution in [0.4, 0.5) is 17.1 Å². The van der Waals surface area contributed by atoms with Gasteiger partial charge >= 0.3 is 0 Å². The van der Waals surface area contributed by atoms with E-state index >= 15 is 0 Å². The molecule has 1 unspecified atom stereocenters. The molecule has 2 aromatic carbocycles. The number of hydrogen-bond donors (Lipinski definition) is 2. The third-order valence-electron chi connectivity index (χ3n) is 5.99. The first-order valence-electron chi connectivity index (χ1n) is 12.2. The number of amides is 1. The molecule has 1 amide bonds. The second kappa shape index (κ2) is 13.6. The van der Waals surface area contributed by atoms with Crippen LogP contribution in [0.3, 0.4) is 0 Å². The van der Waals surface area contributed by atoms with Crippen LogP contribution in [0.25, 0.3) is 0 Å². The Labute approximate surface area is 212 Å². The molecule has 0 bridgehead atoms. The second-order valence-corrected chi connectivity index (χ2v) is 8.63. The van der Waals surface area contributed by atoms with Gasteiger partial charge in [0.15, 0.2) is 17.8 Å². The highest BCUT2D eigenvalue weighted by Gasteiger charge is 2.25. The van der Waals surface area contributed by atoms with Crippen molar-refractivity contribution in [1.29, 1.82) is 0 Å². The molecule has 1 aliphatic rings. The number of methoxy groups -OCH3 is 1. The van der Waals surface area contributed by atoms with Crippen LogP contribution in [-0.4, -0.2) is 65.6 Å². The molecule has 0 fully saturated rings. The Hall–Kier alpha value is -3.43. The number of aliphatic imine (C=N–C) groups is 1. The average Bonchev–Trinajstić information content (AvgIpc) is 3.20. The van der Waals surface area contributed by atoms with Gasteiger partial charge in [0, 0.05) is 36.3 Å². The first kappa shape index (κ1) is 27.2. The standard InChI is InChI=1S/C27H36N4O5/c1-5-6-7-10-36-26-14-23(20(16-32)12-25(26)34-4)29-15-22-11-19-8-9-21(13-24(19)31(22)3)30-27(33)17-35-18-28-2/h8-9,12-16,22,28H,5-7,10-11,17-18H2,1-4H3,(H,30,33). The molecule has 2 N–H and O–H groups in total. The molecule has 1 heterocycles. The van der Waals surface area contributed by atoms with Crippen LogP contribution in [0.1, 0.15) is 42.1 Å². The number of rotatable bonds is 14. The molecule has 9 nitrogen and oxygen atoms in total. The lowest BCUT2D eigenvalue weighted by atomic mass is 10.1. The fourth-order valence-corrected chi connectivity index (χ4v) is 4.02. The number of anilines is 2. The molecule has 0 saturated carbocycles. The van der Waals surface area contributed by atoms with Gasteiger partial charge < -0.3 is 24.4 Å². The Morgan fingerprint density at radius 3 is 2.78 bits per heavy atom. The zero-order valence-corrected chi connectivity index (χ0v) is 21.5. The molecule has 0 radical (unpaired) electrons. The molecule has 0 aromatic heterocycles. The van der Waals surface area contributed by atoms with Crippen LogP contribution in [0.2, 0.25) is 0 Å². The van der Waals surface area contributed by atoms with Gasteiger partial charge in [-0.05, 0) is 43.7 Å².